The van der Waals surface area contributed by atoms with Gasteiger partial charge in [-0.15, -0.1) is 0 Å². The van der Waals surface area contributed by atoms with Crippen LogP contribution in [0.3, 0.4) is 0 Å². The zero-order valence-corrected chi connectivity index (χ0v) is 15.3. The van der Waals surface area contributed by atoms with Crippen LogP contribution in [0.2, 0.25) is 5.02 Å². The third kappa shape index (κ3) is 3.67. The van der Waals surface area contributed by atoms with E-state index < -0.39 is 0 Å². The molecule has 0 saturated carbocycles. The lowest BCUT2D eigenvalue weighted by molar-refractivity contribution is 0.242. The zero-order chi connectivity index (χ0) is 19.0. The number of hydrogen-bond donors (Lipinski definition) is 3. The van der Waals surface area contributed by atoms with Crippen LogP contribution in [0.5, 0.6) is 5.75 Å². The molecule has 2 heterocycles. The van der Waals surface area contributed by atoms with Crippen molar-refractivity contribution in [2.45, 2.75) is 19.5 Å². The highest BCUT2D eigenvalue weighted by Crippen LogP contribution is 2.25. The molecule has 0 saturated heterocycles. The van der Waals surface area contributed by atoms with E-state index in [9.17, 15) is 9.90 Å². The van der Waals surface area contributed by atoms with Crippen LogP contribution in [-0.2, 0) is 19.5 Å². The molecule has 138 valence electrons. The van der Waals surface area contributed by atoms with Crippen LogP contribution in [0, 0.1) is 0 Å². The summed E-state index contributed by atoms with van der Waals surface area (Å²) in [6, 6.07) is 12.2. The van der Waals surface area contributed by atoms with Gasteiger partial charge in [0.25, 0.3) is 5.56 Å². The Bertz CT molecular complexity index is 1050. The molecule has 0 radical (unpaired) electrons. The number of nitrogens with one attached hydrogen (secondary N) is 1. The second-order valence-corrected chi connectivity index (χ2v) is 7.11. The Morgan fingerprint density at radius 1 is 1.22 bits per heavy atom. The summed E-state index contributed by atoms with van der Waals surface area (Å²) in [7, 11) is 0. The Morgan fingerprint density at radius 2 is 2.00 bits per heavy atom. The number of H-pyrrole nitrogens is 1. The number of halogens is 1. The number of phenolic OH excluding ortho intramolecular Hbond substituents is 1. The Hall–Kier alpha value is -2.83. The van der Waals surface area contributed by atoms with Crippen LogP contribution < -0.4 is 11.3 Å². The maximum Gasteiger partial charge on any atom is 0.255 e. The van der Waals surface area contributed by atoms with Crippen molar-refractivity contribution in [1.29, 1.82) is 0 Å². The molecule has 4 rings (SSSR count). The SMILES string of the molecule is Nc1ccc(-c2nc3c(c(=O)[nH]2)CN(Cc2ccc(O)cc2Cl)CC3)cc1. The fraction of sp³-hybridized carbons (Fsp3) is 0.200. The van der Waals surface area contributed by atoms with Crippen molar-refractivity contribution < 1.29 is 5.11 Å². The van der Waals surface area contributed by atoms with Crippen LogP contribution in [0.1, 0.15) is 16.8 Å². The first-order valence-electron chi connectivity index (χ1n) is 8.67. The van der Waals surface area contributed by atoms with Gasteiger partial charge in [-0.2, -0.15) is 0 Å². The number of nitrogens with two attached hydrogens (primary N) is 1. The van der Waals surface area contributed by atoms with Crippen LogP contribution in [0.15, 0.2) is 47.3 Å². The molecule has 3 aromatic rings. The number of benzene rings is 2. The van der Waals surface area contributed by atoms with Gasteiger partial charge in [-0.1, -0.05) is 17.7 Å². The predicted octanol–water partition coefficient (Wildman–Crippen LogP) is 2.94. The predicted molar refractivity (Wildman–Crippen MR) is 106 cm³/mol. The van der Waals surface area contributed by atoms with Gasteiger partial charge in [0, 0.05) is 42.3 Å². The number of anilines is 1. The average molecular weight is 383 g/mol. The summed E-state index contributed by atoms with van der Waals surface area (Å²) in [5.74, 6) is 0.706. The molecule has 0 amide bonds. The van der Waals surface area contributed by atoms with Crippen molar-refractivity contribution in [1.82, 2.24) is 14.9 Å². The van der Waals surface area contributed by atoms with Gasteiger partial charge in [0.2, 0.25) is 0 Å². The van der Waals surface area contributed by atoms with E-state index in [2.05, 4.69) is 14.9 Å². The van der Waals surface area contributed by atoms with Gasteiger partial charge in [-0.25, -0.2) is 4.98 Å². The number of rotatable bonds is 3. The maximum absolute atomic E-state index is 12.6. The lowest BCUT2D eigenvalue weighted by Gasteiger charge is -2.28. The summed E-state index contributed by atoms with van der Waals surface area (Å²) in [4.78, 5) is 22.3. The first-order valence-corrected chi connectivity index (χ1v) is 9.05. The van der Waals surface area contributed by atoms with Gasteiger partial charge in [-0.3, -0.25) is 9.69 Å². The van der Waals surface area contributed by atoms with Gasteiger partial charge in [-0.05, 0) is 42.0 Å². The van der Waals surface area contributed by atoms with Gasteiger partial charge in [0.15, 0.2) is 0 Å². The molecule has 27 heavy (non-hydrogen) atoms. The normalized spacial score (nSPS) is 14.1. The second-order valence-electron chi connectivity index (χ2n) is 6.70. The molecule has 2 aromatic carbocycles. The van der Waals surface area contributed by atoms with Gasteiger partial charge in [0.05, 0.1) is 11.3 Å². The molecule has 1 aliphatic rings. The molecule has 0 fully saturated rings. The number of aromatic hydroxyl groups is 1. The zero-order valence-electron chi connectivity index (χ0n) is 14.6. The van der Waals surface area contributed by atoms with Crippen molar-refractivity contribution in [3.8, 4) is 17.1 Å². The van der Waals surface area contributed by atoms with Crippen LogP contribution in [0.4, 0.5) is 5.69 Å². The highest BCUT2D eigenvalue weighted by molar-refractivity contribution is 6.31. The lowest BCUT2D eigenvalue weighted by atomic mass is 10.1. The minimum Gasteiger partial charge on any atom is -0.508 e. The minimum atomic E-state index is -0.117. The molecular weight excluding hydrogens is 364 g/mol. The van der Waals surface area contributed by atoms with E-state index in [1.165, 1.54) is 6.07 Å². The molecule has 1 aliphatic heterocycles. The molecular formula is C20H19ClN4O2. The Kier molecular flexibility index (Phi) is 4.59. The Balaban J connectivity index is 1.58. The van der Waals surface area contributed by atoms with Crippen molar-refractivity contribution in [2.24, 2.45) is 0 Å². The third-order valence-corrected chi connectivity index (χ3v) is 5.11. The van der Waals surface area contributed by atoms with Crippen molar-refractivity contribution in [3.05, 3.63) is 74.7 Å². The first kappa shape index (κ1) is 17.6. The molecule has 0 bridgehead atoms. The van der Waals surface area contributed by atoms with Crippen molar-refractivity contribution in [2.75, 3.05) is 12.3 Å². The quantitative estimate of drug-likeness (QED) is 0.605. The third-order valence-electron chi connectivity index (χ3n) is 4.76. The van der Waals surface area contributed by atoms with E-state index in [0.717, 1.165) is 23.4 Å². The summed E-state index contributed by atoms with van der Waals surface area (Å²) >= 11 is 6.20. The summed E-state index contributed by atoms with van der Waals surface area (Å²) < 4.78 is 0. The van der Waals surface area contributed by atoms with E-state index in [1.54, 1.807) is 24.3 Å². The number of aromatic nitrogens is 2. The molecule has 7 heteroatoms. The molecule has 0 atom stereocenters. The molecule has 1 aromatic heterocycles. The number of aromatic amines is 1. The fourth-order valence-electron chi connectivity index (χ4n) is 3.30. The summed E-state index contributed by atoms with van der Waals surface area (Å²) in [5, 5.41) is 10.0. The number of phenols is 1. The van der Waals surface area contributed by atoms with E-state index in [4.69, 9.17) is 17.3 Å². The van der Waals surface area contributed by atoms with Crippen LogP contribution in [-0.4, -0.2) is 26.5 Å². The van der Waals surface area contributed by atoms with E-state index in [0.29, 0.717) is 41.6 Å². The average Bonchev–Trinajstić information content (AvgIpc) is 2.65. The summed E-state index contributed by atoms with van der Waals surface area (Å²) in [6.45, 7) is 1.90. The number of fused-ring (bicyclic) bond motifs is 1. The standard InChI is InChI=1S/C20H19ClN4O2/c21-17-9-15(26)6-3-13(17)10-25-8-7-18-16(11-25)20(27)24-19(23-18)12-1-4-14(22)5-2-12/h1-6,9,26H,7-8,10-11,22H2,(H,23,24,27). The Labute approximate surface area is 161 Å². The van der Waals surface area contributed by atoms with Gasteiger partial charge in [0.1, 0.15) is 11.6 Å². The monoisotopic (exact) mass is 382 g/mol. The highest BCUT2D eigenvalue weighted by atomic mass is 35.5. The largest absolute Gasteiger partial charge is 0.508 e. The summed E-state index contributed by atoms with van der Waals surface area (Å²) in [6.07, 6.45) is 0.691. The van der Waals surface area contributed by atoms with Crippen LogP contribution >= 0.6 is 11.6 Å². The van der Waals surface area contributed by atoms with Crippen molar-refractivity contribution in [3.63, 3.8) is 0 Å². The molecule has 0 unspecified atom stereocenters. The summed E-state index contributed by atoms with van der Waals surface area (Å²) in [5.41, 5.74) is 9.55. The topological polar surface area (TPSA) is 95.2 Å². The number of nitrogens with zero attached hydrogens (tertiary/aromatic N) is 2. The second kappa shape index (κ2) is 7.06. The molecule has 6 nitrogen and oxygen atoms in total. The van der Waals surface area contributed by atoms with Crippen LogP contribution in [0.25, 0.3) is 11.4 Å². The van der Waals surface area contributed by atoms with E-state index >= 15 is 0 Å². The highest BCUT2D eigenvalue weighted by Gasteiger charge is 2.22. The smallest absolute Gasteiger partial charge is 0.255 e. The van der Waals surface area contributed by atoms with Crippen molar-refractivity contribution >= 4 is 17.3 Å². The Morgan fingerprint density at radius 3 is 2.74 bits per heavy atom. The van der Waals surface area contributed by atoms with Gasteiger partial charge < -0.3 is 15.8 Å². The minimum absolute atomic E-state index is 0.117. The fourth-order valence-corrected chi connectivity index (χ4v) is 3.53. The van der Waals surface area contributed by atoms with E-state index in [1.807, 2.05) is 12.1 Å². The number of hydrogen-bond acceptors (Lipinski definition) is 5. The van der Waals surface area contributed by atoms with E-state index in [-0.39, 0.29) is 11.3 Å². The van der Waals surface area contributed by atoms with Gasteiger partial charge >= 0.3 is 0 Å². The maximum atomic E-state index is 12.6. The number of nitrogen functional groups attached to an aromatic ring is 1. The molecule has 0 spiro atoms. The lowest BCUT2D eigenvalue weighted by Crippen LogP contribution is -2.35. The first-order chi connectivity index (χ1) is 13.0. The molecule has 4 N–H and O–H groups in total. The molecule has 0 aliphatic carbocycles.